The molecule has 2 rings (SSSR count). The lowest BCUT2D eigenvalue weighted by Gasteiger charge is -2.19. The molecule has 0 radical (unpaired) electrons. The van der Waals surface area contributed by atoms with Crippen LogP contribution >= 0.6 is 0 Å². The van der Waals surface area contributed by atoms with E-state index in [4.69, 9.17) is 10.8 Å². The zero-order valence-electron chi connectivity index (χ0n) is 10.9. The average molecular weight is 295 g/mol. The maximum atomic E-state index is 12.6. The summed E-state index contributed by atoms with van der Waals surface area (Å²) in [4.78, 5) is 3.06. The van der Waals surface area contributed by atoms with E-state index in [9.17, 15) is 8.42 Å². The van der Waals surface area contributed by atoms with Crippen molar-refractivity contribution in [3.63, 3.8) is 0 Å². The van der Waals surface area contributed by atoms with Gasteiger partial charge in [0.25, 0.3) is 0 Å². The number of nitrogens with zero attached hydrogens (tertiary/aromatic N) is 1. The Hall–Kier alpha value is -1.83. The smallest absolute Gasteiger partial charge is 0.245 e. The fourth-order valence-electron chi connectivity index (χ4n) is 2.03. The van der Waals surface area contributed by atoms with Gasteiger partial charge in [-0.2, -0.15) is 4.31 Å². The first-order chi connectivity index (χ1) is 9.50. The van der Waals surface area contributed by atoms with Crippen molar-refractivity contribution in [1.29, 1.82) is 0 Å². The highest BCUT2D eigenvalue weighted by Gasteiger charge is 2.26. The van der Waals surface area contributed by atoms with E-state index in [2.05, 4.69) is 11.6 Å². The Morgan fingerprint density at radius 1 is 1.45 bits per heavy atom. The summed E-state index contributed by atoms with van der Waals surface area (Å²) in [5.74, 6) is 0. The molecular weight excluding hydrogens is 278 g/mol. The number of benzene rings is 1. The van der Waals surface area contributed by atoms with Crippen molar-refractivity contribution in [2.75, 3.05) is 25.4 Å². The van der Waals surface area contributed by atoms with Crippen molar-refractivity contribution in [3.05, 3.63) is 37.1 Å². The molecule has 0 saturated heterocycles. The lowest BCUT2D eigenvalue weighted by atomic mass is 10.2. The van der Waals surface area contributed by atoms with E-state index >= 15 is 0 Å². The van der Waals surface area contributed by atoms with Crippen LogP contribution in [0.1, 0.15) is 0 Å². The largest absolute Gasteiger partial charge is 0.399 e. The van der Waals surface area contributed by atoms with Gasteiger partial charge >= 0.3 is 0 Å². The van der Waals surface area contributed by atoms with Crippen LogP contribution < -0.4 is 5.73 Å². The molecule has 1 aromatic carbocycles. The number of aliphatic hydroxyl groups excluding tert-OH is 1. The molecule has 108 valence electrons. The quantitative estimate of drug-likeness (QED) is 0.545. The van der Waals surface area contributed by atoms with Gasteiger partial charge in [-0.1, -0.05) is 6.08 Å². The molecule has 1 aromatic heterocycles. The fourth-order valence-corrected chi connectivity index (χ4v) is 3.59. The number of anilines is 1. The van der Waals surface area contributed by atoms with Gasteiger partial charge in [-0.05, 0) is 18.2 Å². The van der Waals surface area contributed by atoms with Gasteiger partial charge in [0.1, 0.15) is 4.90 Å². The Kier molecular flexibility index (Phi) is 4.12. The van der Waals surface area contributed by atoms with Crippen LogP contribution in [0.15, 0.2) is 41.9 Å². The van der Waals surface area contributed by atoms with E-state index in [-0.39, 0.29) is 24.6 Å². The predicted molar refractivity (Wildman–Crippen MR) is 78.8 cm³/mol. The third-order valence-corrected chi connectivity index (χ3v) is 4.87. The lowest BCUT2D eigenvalue weighted by molar-refractivity contribution is 0.260. The number of aromatic amines is 1. The van der Waals surface area contributed by atoms with Gasteiger partial charge in [0, 0.05) is 35.9 Å². The zero-order valence-corrected chi connectivity index (χ0v) is 11.7. The van der Waals surface area contributed by atoms with Gasteiger partial charge in [-0.15, -0.1) is 6.58 Å². The van der Waals surface area contributed by atoms with E-state index in [1.165, 1.54) is 16.6 Å². The average Bonchev–Trinajstić information content (AvgIpc) is 2.82. The topological polar surface area (TPSA) is 99.4 Å². The maximum Gasteiger partial charge on any atom is 0.245 e. The Bertz CT molecular complexity index is 722. The highest BCUT2D eigenvalue weighted by atomic mass is 32.2. The number of fused-ring (bicyclic) bond motifs is 1. The highest BCUT2D eigenvalue weighted by molar-refractivity contribution is 7.89. The monoisotopic (exact) mass is 295 g/mol. The second-order valence-electron chi connectivity index (χ2n) is 4.33. The second kappa shape index (κ2) is 5.66. The summed E-state index contributed by atoms with van der Waals surface area (Å²) >= 11 is 0. The minimum absolute atomic E-state index is 0.0172. The molecule has 0 aliphatic carbocycles. The molecule has 1 heterocycles. The van der Waals surface area contributed by atoms with Crippen molar-refractivity contribution < 1.29 is 13.5 Å². The Morgan fingerprint density at radius 3 is 2.85 bits per heavy atom. The minimum atomic E-state index is -3.71. The molecule has 0 bridgehead atoms. The molecule has 20 heavy (non-hydrogen) atoms. The van der Waals surface area contributed by atoms with Crippen LogP contribution in [0.5, 0.6) is 0 Å². The first kappa shape index (κ1) is 14.6. The van der Waals surface area contributed by atoms with Gasteiger partial charge in [0.15, 0.2) is 0 Å². The number of nitrogens with two attached hydrogens (primary N) is 1. The van der Waals surface area contributed by atoms with Gasteiger partial charge in [0.2, 0.25) is 10.0 Å². The van der Waals surface area contributed by atoms with Crippen LogP contribution in [0.2, 0.25) is 0 Å². The summed E-state index contributed by atoms with van der Waals surface area (Å²) in [7, 11) is -3.71. The number of rotatable bonds is 6. The Labute approximate surface area is 117 Å². The molecule has 4 N–H and O–H groups in total. The van der Waals surface area contributed by atoms with Gasteiger partial charge in [-0.3, -0.25) is 0 Å². The predicted octanol–water partition coefficient (Wildman–Crippen LogP) is 0.919. The number of hydrogen-bond acceptors (Lipinski definition) is 4. The number of nitrogen functional groups attached to an aromatic ring is 1. The SMILES string of the molecule is C=CCN(CCO)S(=O)(=O)c1c[nH]c2ccc(N)cc12. The molecule has 0 atom stereocenters. The number of aliphatic hydroxyl groups is 1. The molecule has 0 aliphatic rings. The molecule has 0 amide bonds. The van der Waals surface area contributed by atoms with Gasteiger partial charge in [-0.25, -0.2) is 8.42 Å². The van der Waals surface area contributed by atoms with E-state index in [0.29, 0.717) is 16.6 Å². The Morgan fingerprint density at radius 2 is 2.20 bits per heavy atom. The fraction of sp³-hybridized carbons (Fsp3) is 0.231. The summed E-state index contributed by atoms with van der Waals surface area (Å²) < 4.78 is 26.4. The second-order valence-corrected chi connectivity index (χ2v) is 6.24. The third kappa shape index (κ3) is 2.55. The lowest BCUT2D eigenvalue weighted by Crippen LogP contribution is -2.33. The standard InChI is InChI=1S/C13H17N3O3S/c1-2-5-16(6-7-17)20(18,19)13-9-15-12-4-3-10(14)8-11(12)13/h2-4,8-9,15,17H,1,5-7,14H2. The molecular formula is C13H17N3O3S. The third-order valence-electron chi connectivity index (χ3n) is 2.97. The zero-order chi connectivity index (χ0) is 14.8. The van der Waals surface area contributed by atoms with Crippen LogP contribution in [0, 0.1) is 0 Å². The number of aromatic nitrogens is 1. The van der Waals surface area contributed by atoms with Crippen molar-refractivity contribution in [1.82, 2.24) is 9.29 Å². The van der Waals surface area contributed by atoms with E-state index in [1.807, 2.05) is 0 Å². The van der Waals surface area contributed by atoms with Crippen molar-refractivity contribution >= 4 is 26.6 Å². The van der Waals surface area contributed by atoms with Crippen molar-refractivity contribution in [2.45, 2.75) is 4.90 Å². The summed E-state index contributed by atoms with van der Waals surface area (Å²) in [5, 5.41) is 9.55. The number of nitrogens with one attached hydrogen (secondary N) is 1. The van der Waals surface area contributed by atoms with Crippen LogP contribution in [0.3, 0.4) is 0 Å². The van der Waals surface area contributed by atoms with E-state index < -0.39 is 10.0 Å². The molecule has 0 aliphatic heterocycles. The molecule has 0 spiro atoms. The number of sulfonamides is 1. The Balaban J connectivity index is 2.55. The van der Waals surface area contributed by atoms with Gasteiger partial charge in [0.05, 0.1) is 6.61 Å². The van der Waals surface area contributed by atoms with Gasteiger partial charge < -0.3 is 15.8 Å². The number of hydrogen-bond donors (Lipinski definition) is 3. The van der Waals surface area contributed by atoms with Crippen molar-refractivity contribution in [3.8, 4) is 0 Å². The number of H-pyrrole nitrogens is 1. The highest BCUT2D eigenvalue weighted by Crippen LogP contribution is 2.27. The minimum Gasteiger partial charge on any atom is -0.399 e. The molecule has 7 heteroatoms. The summed E-state index contributed by atoms with van der Waals surface area (Å²) in [6, 6.07) is 5.04. The maximum absolute atomic E-state index is 12.6. The van der Waals surface area contributed by atoms with Crippen LogP contribution in [0.4, 0.5) is 5.69 Å². The molecule has 6 nitrogen and oxygen atoms in total. The van der Waals surface area contributed by atoms with Crippen LogP contribution in [0.25, 0.3) is 10.9 Å². The molecule has 0 saturated carbocycles. The summed E-state index contributed by atoms with van der Waals surface area (Å²) in [6.45, 7) is 3.44. The first-order valence-electron chi connectivity index (χ1n) is 6.09. The molecule has 2 aromatic rings. The normalized spacial score (nSPS) is 12.1. The first-order valence-corrected chi connectivity index (χ1v) is 7.53. The summed E-state index contributed by atoms with van der Waals surface area (Å²) in [6.07, 6.45) is 2.92. The molecule has 0 fully saturated rings. The van der Waals surface area contributed by atoms with E-state index in [0.717, 1.165) is 0 Å². The molecule has 0 unspecified atom stereocenters. The van der Waals surface area contributed by atoms with E-state index in [1.54, 1.807) is 18.2 Å². The van der Waals surface area contributed by atoms with Crippen LogP contribution in [-0.4, -0.2) is 42.5 Å². The van der Waals surface area contributed by atoms with Crippen LogP contribution in [-0.2, 0) is 10.0 Å². The van der Waals surface area contributed by atoms with Crippen molar-refractivity contribution in [2.24, 2.45) is 0 Å². The summed E-state index contributed by atoms with van der Waals surface area (Å²) in [5.41, 5.74) is 6.90.